The first-order valence-electron chi connectivity index (χ1n) is 22.6. The third-order valence-corrected chi connectivity index (χ3v) is 12.6. The summed E-state index contributed by atoms with van der Waals surface area (Å²) >= 11 is 0. The molecule has 0 N–H and O–H groups in total. The van der Waals surface area contributed by atoms with Gasteiger partial charge in [0.2, 0.25) is 0 Å². The lowest BCUT2D eigenvalue weighted by Crippen LogP contribution is -1.94. The second-order valence-electron chi connectivity index (χ2n) is 16.5. The minimum atomic E-state index is 0.817. The highest BCUT2D eigenvalue weighted by Gasteiger charge is 2.21. The summed E-state index contributed by atoms with van der Waals surface area (Å²) in [7, 11) is 0. The first kappa shape index (κ1) is 39.6. The largest absolute Gasteiger partial charge is 0.454 e. The Bertz CT molecular complexity index is 3990. The lowest BCUT2D eigenvalue weighted by Gasteiger charge is -2.11. The van der Waals surface area contributed by atoms with Crippen molar-refractivity contribution in [3.8, 4) is 56.1 Å². The van der Waals surface area contributed by atoms with Gasteiger partial charge >= 0.3 is 0 Å². The van der Waals surface area contributed by atoms with Gasteiger partial charge in [-0.3, -0.25) is 19.9 Å². The number of pyridine rings is 4. The van der Waals surface area contributed by atoms with E-state index in [0.29, 0.717) is 0 Å². The Morgan fingerprint density at radius 1 is 0.448 bits per heavy atom. The van der Waals surface area contributed by atoms with Crippen LogP contribution in [-0.2, 0) is 0 Å². The third kappa shape index (κ3) is 6.67. The molecule has 6 aromatic carbocycles. The number of benzene rings is 6. The van der Waals surface area contributed by atoms with Gasteiger partial charge in [-0.15, -0.1) is 6.58 Å². The van der Waals surface area contributed by atoms with Gasteiger partial charge in [0.1, 0.15) is 5.58 Å². The molecule has 0 atom stereocenters. The summed E-state index contributed by atoms with van der Waals surface area (Å²) in [6.45, 7) is 5.54. The van der Waals surface area contributed by atoms with Crippen molar-refractivity contribution in [1.29, 1.82) is 0 Å². The van der Waals surface area contributed by atoms with Crippen molar-refractivity contribution in [3.05, 3.63) is 219 Å². The van der Waals surface area contributed by atoms with E-state index >= 15 is 0 Å². The van der Waals surface area contributed by atoms with E-state index in [2.05, 4.69) is 178 Å². The van der Waals surface area contributed by atoms with Gasteiger partial charge in [0.25, 0.3) is 0 Å². The molecule has 67 heavy (non-hydrogen) atoms. The molecule has 0 unspecified atom stereocenters. The van der Waals surface area contributed by atoms with Crippen LogP contribution in [-0.4, -0.2) is 29.1 Å². The molecule has 0 fully saturated rings. The van der Waals surface area contributed by atoms with Gasteiger partial charge in [-0.05, 0) is 126 Å². The molecule has 0 aliphatic heterocycles. The SMILES string of the molecule is C=CCC.c1ccc(-c2ccccc2-c2ccc3c(c2)c2ncccc2n3-c2ccc3oc4c(-n5c6ccc(-c7ccccc7-c7ccccn7)cc6c6ncccc65)cccc4c3c2)nc1. The maximum atomic E-state index is 6.85. The van der Waals surface area contributed by atoms with Gasteiger partial charge in [0, 0.05) is 63.1 Å². The average molecular weight is 863 g/mol. The van der Waals surface area contributed by atoms with Crippen LogP contribution in [0.5, 0.6) is 0 Å². The topological polar surface area (TPSA) is 74.6 Å². The molecule has 0 aliphatic rings. The Balaban J connectivity index is 0.00000113. The lowest BCUT2D eigenvalue weighted by molar-refractivity contribution is 0.666. The fourth-order valence-corrected chi connectivity index (χ4v) is 9.59. The van der Waals surface area contributed by atoms with Crippen molar-refractivity contribution < 1.29 is 4.42 Å². The molecule has 7 nitrogen and oxygen atoms in total. The Labute approximate surface area is 386 Å². The minimum Gasteiger partial charge on any atom is -0.454 e. The van der Waals surface area contributed by atoms with Gasteiger partial charge < -0.3 is 13.6 Å². The zero-order chi connectivity index (χ0) is 44.8. The van der Waals surface area contributed by atoms with Gasteiger partial charge in [0.05, 0.1) is 50.2 Å². The van der Waals surface area contributed by atoms with Crippen LogP contribution in [0, 0.1) is 0 Å². The minimum absolute atomic E-state index is 0.817. The summed E-state index contributed by atoms with van der Waals surface area (Å²) < 4.78 is 11.5. The van der Waals surface area contributed by atoms with Gasteiger partial charge in [-0.25, -0.2) is 0 Å². The Hall–Kier alpha value is -8.94. The molecule has 0 amide bonds. The third-order valence-electron chi connectivity index (χ3n) is 12.6. The highest BCUT2D eigenvalue weighted by atomic mass is 16.3. The van der Waals surface area contributed by atoms with Crippen LogP contribution in [0.15, 0.2) is 224 Å². The first-order valence-corrected chi connectivity index (χ1v) is 22.6. The molecule has 7 aromatic heterocycles. The van der Waals surface area contributed by atoms with E-state index in [-0.39, 0.29) is 0 Å². The van der Waals surface area contributed by atoms with Gasteiger partial charge in [-0.2, -0.15) is 0 Å². The zero-order valence-electron chi connectivity index (χ0n) is 36.7. The van der Waals surface area contributed by atoms with E-state index in [0.717, 1.165) is 128 Å². The molecular formula is C60H42N6O. The van der Waals surface area contributed by atoms with Crippen LogP contribution < -0.4 is 0 Å². The molecule has 0 aliphatic carbocycles. The molecule has 0 bridgehead atoms. The molecular weight excluding hydrogens is 821 g/mol. The summed E-state index contributed by atoms with van der Waals surface area (Å²) in [5.74, 6) is 0. The second-order valence-corrected chi connectivity index (χ2v) is 16.5. The summed E-state index contributed by atoms with van der Waals surface area (Å²) in [6.07, 6.45) is 10.4. The van der Waals surface area contributed by atoms with Crippen LogP contribution in [0.2, 0.25) is 0 Å². The van der Waals surface area contributed by atoms with Crippen LogP contribution in [0.4, 0.5) is 0 Å². The molecule has 0 spiro atoms. The molecule has 7 heterocycles. The Morgan fingerprint density at radius 3 is 1.55 bits per heavy atom. The smallest absolute Gasteiger partial charge is 0.159 e. The predicted molar refractivity (Wildman–Crippen MR) is 276 cm³/mol. The number of rotatable bonds is 7. The summed E-state index contributed by atoms with van der Waals surface area (Å²) in [4.78, 5) is 19.2. The van der Waals surface area contributed by atoms with Crippen molar-refractivity contribution in [1.82, 2.24) is 29.1 Å². The standard InChI is InChI=1S/C56H34N6O.C4H8/c1-3-14-40(46-17-5-7-28-57-46)38(12-1)35-22-25-48-44(32-35)54-50(20-10-30-59-54)61(48)37-24-27-53-43(34-37)42-16-9-19-52(56(42)63-53)62-49-26-23-36(33-45(49)55-51(62)21-11-31-60-55)39-13-2-4-15-41(39)47-18-6-8-29-58-47;1-3-4-2/h1-34H;3H,1,4H2,2H3. The molecule has 0 saturated carbocycles. The summed E-state index contributed by atoms with van der Waals surface area (Å²) in [6, 6.07) is 63.6. The second kappa shape index (κ2) is 16.6. The highest BCUT2D eigenvalue weighted by molar-refractivity contribution is 6.14. The van der Waals surface area contributed by atoms with Crippen molar-refractivity contribution in [2.75, 3.05) is 0 Å². The van der Waals surface area contributed by atoms with Crippen LogP contribution in [0.1, 0.15) is 13.3 Å². The summed E-state index contributed by atoms with van der Waals surface area (Å²) in [5.41, 5.74) is 18.2. The van der Waals surface area contributed by atoms with E-state index < -0.39 is 0 Å². The number of allylic oxidation sites excluding steroid dienone is 1. The van der Waals surface area contributed by atoms with E-state index in [9.17, 15) is 0 Å². The molecule has 0 radical (unpaired) electrons. The predicted octanol–water partition coefficient (Wildman–Crippen LogP) is 15.6. The highest BCUT2D eigenvalue weighted by Crippen LogP contribution is 2.42. The van der Waals surface area contributed by atoms with Crippen molar-refractivity contribution in [2.45, 2.75) is 13.3 Å². The van der Waals surface area contributed by atoms with E-state index in [4.69, 9.17) is 14.4 Å². The monoisotopic (exact) mass is 862 g/mol. The quantitative estimate of drug-likeness (QED) is 0.149. The zero-order valence-corrected chi connectivity index (χ0v) is 36.7. The van der Waals surface area contributed by atoms with Gasteiger partial charge in [-0.1, -0.05) is 97.9 Å². The fourth-order valence-electron chi connectivity index (χ4n) is 9.59. The normalized spacial score (nSPS) is 11.5. The lowest BCUT2D eigenvalue weighted by atomic mass is 9.96. The molecule has 7 heteroatoms. The number of hydrogen-bond acceptors (Lipinski definition) is 5. The molecule has 13 rings (SSSR count). The number of aromatic nitrogens is 6. The van der Waals surface area contributed by atoms with Crippen LogP contribution in [0.25, 0.3) is 122 Å². The van der Waals surface area contributed by atoms with Gasteiger partial charge in [0.15, 0.2) is 5.58 Å². The Morgan fingerprint density at radius 2 is 0.985 bits per heavy atom. The van der Waals surface area contributed by atoms with Crippen molar-refractivity contribution >= 4 is 65.8 Å². The number of furan rings is 1. The van der Waals surface area contributed by atoms with E-state index in [1.807, 2.05) is 67.3 Å². The first-order chi connectivity index (χ1) is 33.2. The number of para-hydroxylation sites is 1. The molecule has 0 saturated heterocycles. The number of hydrogen-bond donors (Lipinski definition) is 0. The number of fused-ring (bicyclic) bond motifs is 9. The van der Waals surface area contributed by atoms with E-state index in [1.165, 1.54) is 0 Å². The summed E-state index contributed by atoms with van der Waals surface area (Å²) in [5, 5.41) is 4.23. The average Bonchev–Trinajstić information content (AvgIpc) is 4.06. The Kier molecular flexibility index (Phi) is 9.80. The number of nitrogens with zero attached hydrogens (tertiary/aromatic N) is 6. The van der Waals surface area contributed by atoms with Crippen LogP contribution in [0.3, 0.4) is 0 Å². The molecule has 13 aromatic rings. The fraction of sp³-hybridized carbons (Fsp3) is 0.0333. The van der Waals surface area contributed by atoms with Crippen molar-refractivity contribution in [2.24, 2.45) is 0 Å². The van der Waals surface area contributed by atoms with Crippen molar-refractivity contribution in [3.63, 3.8) is 0 Å². The molecule has 318 valence electrons. The van der Waals surface area contributed by atoms with Crippen LogP contribution >= 0.6 is 0 Å². The van der Waals surface area contributed by atoms with E-state index in [1.54, 1.807) is 0 Å². The maximum Gasteiger partial charge on any atom is 0.159 e. The maximum absolute atomic E-state index is 6.85.